The summed E-state index contributed by atoms with van der Waals surface area (Å²) in [6.45, 7) is 6.55. The van der Waals surface area contributed by atoms with E-state index >= 15 is 0 Å². The van der Waals surface area contributed by atoms with Crippen molar-refractivity contribution in [1.82, 2.24) is 4.90 Å². The number of carbonyl (C=O) groups excluding carboxylic acids is 2. The zero-order valence-electron chi connectivity index (χ0n) is 14.3. The third kappa shape index (κ3) is 2.86. The van der Waals surface area contributed by atoms with E-state index in [1.807, 2.05) is 39.0 Å². The van der Waals surface area contributed by atoms with Crippen LogP contribution in [-0.4, -0.2) is 35.6 Å². The lowest BCUT2D eigenvalue weighted by Gasteiger charge is -2.39. The maximum Gasteiger partial charge on any atom is 0.410 e. The predicted molar refractivity (Wildman–Crippen MR) is 93.3 cm³/mol. The van der Waals surface area contributed by atoms with Gasteiger partial charge in [-0.1, -0.05) is 12.1 Å². The van der Waals surface area contributed by atoms with Crippen LogP contribution < -0.4 is 5.32 Å². The summed E-state index contributed by atoms with van der Waals surface area (Å²) in [6.07, 6.45) is 0.847. The second-order valence-corrected chi connectivity index (χ2v) is 7.74. The molecule has 2 aliphatic rings. The van der Waals surface area contributed by atoms with Gasteiger partial charge in [0.1, 0.15) is 5.60 Å². The zero-order chi connectivity index (χ0) is 17.5. The van der Waals surface area contributed by atoms with E-state index in [9.17, 15) is 9.59 Å². The van der Waals surface area contributed by atoms with Gasteiger partial charge >= 0.3 is 6.09 Å². The number of nitrogens with one attached hydrogen (secondary N) is 1. The Morgan fingerprint density at radius 1 is 1.33 bits per heavy atom. The van der Waals surface area contributed by atoms with E-state index in [0.29, 0.717) is 31.8 Å². The second-order valence-electron chi connectivity index (χ2n) is 7.48. The summed E-state index contributed by atoms with van der Waals surface area (Å²) in [6, 6.07) is 5.79. The first-order valence-corrected chi connectivity index (χ1v) is 8.78. The first kappa shape index (κ1) is 17.1. The molecule has 0 bridgehead atoms. The normalized spacial score (nSPS) is 19.2. The van der Waals surface area contributed by atoms with Crippen molar-refractivity contribution in [3.8, 4) is 0 Å². The summed E-state index contributed by atoms with van der Waals surface area (Å²) >= 11 is 6.09. The average molecular weight is 351 g/mol. The highest BCUT2D eigenvalue weighted by Crippen LogP contribution is 2.47. The Morgan fingerprint density at radius 2 is 2.00 bits per heavy atom. The molecule has 0 radical (unpaired) electrons. The Kier molecular flexibility index (Phi) is 4.24. The van der Waals surface area contributed by atoms with Crippen LogP contribution in [0.3, 0.4) is 0 Å². The molecule has 0 aliphatic carbocycles. The highest BCUT2D eigenvalue weighted by Gasteiger charge is 2.50. The number of fused-ring (bicyclic) bond motifs is 2. The molecule has 0 saturated carbocycles. The molecular formula is C18H23ClN2O3. The van der Waals surface area contributed by atoms with Crippen molar-refractivity contribution < 1.29 is 14.3 Å². The van der Waals surface area contributed by atoms with Gasteiger partial charge in [0.15, 0.2) is 0 Å². The van der Waals surface area contributed by atoms with E-state index in [-0.39, 0.29) is 12.0 Å². The fourth-order valence-corrected chi connectivity index (χ4v) is 3.83. The molecular weight excluding hydrogens is 328 g/mol. The largest absolute Gasteiger partial charge is 0.444 e. The molecule has 2 heterocycles. The Bertz CT molecular complexity index is 673. The zero-order valence-corrected chi connectivity index (χ0v) is 15.1. The standard InChI is InChI=1S/C18H23ClN2O3/c1-17(2,3)24-16(23)21-9-7-18(8-10-21)14-12(11-19)5-4-6-13(14)20-15(18)22/h4-6H,7-11H2,1-3H3,(H,20,22). The lowest BCUT2D eigenvalue weighted by atomic mass is 9.72. The van der Waals surface area contributed by atoms with E-state index in [1.54, 1.807) is 4.90 Å². The van der Waals surface area contributed by atoms with E-state index in [1.165, 1.54) is 0 Å². The minimum Gasteiger partial charge on any atom is -0.444 e. The van der Waals surface area contributed by atoms with Gasteiger partial charge in [-0.05, 0) is 50.8 Å². The molecule has 0 aromatic heterocycles. The molecule has 1 spiro atoms. The fraction of sp³-hybridized carbons (Fsp3) is 0.556. The number of likely N-dealkylation sites (tertiary alicyclic amines) is 1. The summed E-state index contributed by atoms with van der Waals surface area (Å²) in [5.41, 5.74) is 1.74. The number of amides is 2. The maximum absolute atomic E-state index is 12.7. The average Bonchev–Trinajstić information content (AvgIpc) is 2.79. The van der Waals surface area contributed by atoms with Crippen molar-refractivity contribution in [2.45, 2.75) is 50.5 Å². The lowest BCUT2D eigenvalue weighted by Crippen LogP contribution is -2.49. The maximum atomic E-state index is 12.7. The number of carbonyl (C=O) groups is 2. The van der Waals surface area contributed by atoms with Gasteiger partial charge < -0.3 is 15.0 Å². The van der Waals surface area contributed by atoms with Crippen molar-refractivity contribution in [1.29, 1.82) is 0 Å². The van der Waals surface area contributed by atoms with Crippen LogP contribution >= 0.6 is 11.6 Å². The third-order valence-corrected chi connectivity index (χ3v) is 5.01. The topological polar surface area (TPSA) is 58.6 Å². The fourth-order valence-electron chi connectivity index (χ4n) is 3.61. The molecule has 2 amide bonds. The number of hydrogen-bond acceptors (Lipinski definition) is 3. The van der Waals surface area contributed by atoms with Crippen molar-refractivity contribution in [3.63, 3.8) is 0 Å². The molecule has 5 nitrogen and oxygen atoms in total. The molecule has 2 aliphatic heterocycles. The van der Waals surface area contributed by atoms with Gasteiger partial charge in [-0.2, -0.15) is 0 Å². The highest BCUT2D eigenvalue weighted by atomic mass is 35.5. The minimum absolute atomic E-state index is 0.0129. The molecule has 1 saturated heterocycles. The SMILES string of the molecule is CC(C)(C)OC(=O)N1CCC2(CC1)C(=O)Nc1cccc(CCl)c12. The van der Waals surface area contributed by atoms with Gasteiger partial charge in [0.25, 0.3) is 0 Å². The van der Waals surface area contributed by atoms with E-state index in [0.717, 1.165) is 16.8 Å². The molecule has 130 valence electrons. The highest BCUT2D eigenvalue weighted by molar-refractivity contribution is 6.17. The number of hydrogen-bond donors (Lipinski definition) is 1. The lowest BCUT2D eigenvalue weighted by molar-refractivity contribution is -0.122. The van der Waals surface area contributed by atoms with Gasteiger partial charge in [-0.3, -0.25) is 4.79 Å². The number of halogens is 1. The molecule has 1 aromatic rings. The summed E-state index contributed by atoms with van der Waals surface area (Å²) in [5, 5.41) is 2.98. The van der Waals surface area contributed by atoms with Gasteiger partial charge in [0.2, 0.25) is 5.91 Å². The number of benzene rings is 1. The van der Waals surface area contributed by atoms with Crippen molar-refractivity contribution in [2.24, 2.45) is 0 Å². The quantitative estimate of drug-likeness (QED) is 0.786. The Labute approximate surface area is 147 Å². The van der Waals surface area contributed by atoms with Gasteiger partial charge in [0, 0.05) is 24.7 Å². The van der Waals surface area contributed by atoms with Gasteiger partial charge in [0.05, 0.1) is 5.41 Å². The van der Waals surface area contributed by atoms with E-state index in [2.05, 4.69) is 5.32 Å². The first-order chi connectivity index (χ1) is 11.3. The van der Waals surface area contributed by atoms with Crippen LogP contribution in [0.15, 0.2) is 18.2 Å². The second kappa shape index (κ2) is 5.96. The van der Waals surface area contributed by atoms with Crippen molar-refractivity contribution in [2.75, 3.05) is 18.4 Å². The number of rotatable bonds is 1. The van der Waals surface area contributed by atoms with Crippen LogP contribution in [0.4, 0.5) is 10.5 Å². The molecule has 0 atom stereocenters. The van der Waals surface area contributed by atoms with Crippen molar-refractivity contribution >= 4 is 29.3 Å². The van der Waals surface area contributed by atoms with Crippen LogP contribution in [0.25, 0.3) is 0 Å². The smallest absolute Gasteiger partial charge is 0.410 e. The Hall–Kier alpha value is -1.75. The van der Waals surface area contributed by atoms with Crippen molar-refractivity contribution in [3.05, 3.63) is 29.3 Å². The molecule has 1 fully saturated rings. The first-order valence-electron chi connectivity index (χ1n) is 8.24. The van der Waals surface area contributed by atoms with Crippen LogP contribution in [-0.2, 0) is 20.8 Å². The summed E-state index contributed by atoms with van der Waals surface area (Å²) < 4.78 is 5.43. The van der Waals surface area contributed by atoms with E-state index in [4.69, 9.17) is 16.3 Å². The molecule has 6 heteroatoms. The third-order valence-electron chi connectivity index (χ3n) is 4.72. The molecule has 24 heavy (non-hydrogen) atoms. The monoisotopic (exact) mass is 350 g/mol. The number of piperidine rings is 1. The summed E-state index contributed by atoms with van der Waals surface area (Å²) in [7, 11) is 0. The molecule has 1 N–H and O–H groups in total. The van der Waals surface area contributed by atoms with Gasteiger partial charge in [-0.25, -0.2) is 4.79 Å². The number of alkyl halides is 1. The number of ether oxygens (including phenoxy) is 1. The summed E-state index contributed by atoms with van der Waals surface area (Å²) in [4.78, 5) is 26.6. The molecule has 1 aromatic carbocycles. The Balaban J connectivity index is 1.82. The van der Waals surface area contributed by atoms with Crippen LogP contribution in [0.1, 0.15) is 44.7 Å². The molecule has 0 unspecified atom stereocenters. The molecule has 3 rings (SSSR count). The van der Waals surface area contributed by atoms with Crippen LogP contribution in [0, 0.1) is 0 Å². The number of nitrogens with zero attached hydrogens (tertiary/aromatic N) is 1. The minimum atomic E-state index is -0.584. The number of anilines is 1. The Morgan fingerprint density at radius 3 is 2.58 bits per heavy atom. The van der Waals surface area contributed by atoms with Gasteiger partial charge in [-0.15, -0.1) is 11.6 Å². The van der Waals surface area contributed by atoms with Crippen LogP contribution in [0.2, 0.25) is 0 Å². The van der Waals surface area contributed by atoms with E-state index < -0.39 is 11.0 Å². The van der Waals surface area contributed by atoms with Crippen LogP contribution in [0.5, 0.6) is 0 Å². The summed E-state index contributed by atoms with van der Waals surface area (Å²) in [5.74, 6) is 0.384. The predicted octanol–water partition coefficient (Wildman–Crippen LogP) is 3.65.